The maximum atomic E-state index is 12.5. The summed E-state index contributed by atoms with van der Waals surface area (Å²) in [7, 11) is 0. The largest absolute Gasteiger partial charge is 0.487 e. The number of nitriles is 1. The third-order valence-corrected chi connectivity index (χ3v) is 6.16. The summed E-state index contributed by atoms with van der Waals surface area (Å²) in [4.78, 5) is 12.5. The van der Waals surface area contributed by atoms with E-state index in [4.69, 9.17) is 4.74 Å². The first-order chi connectivity index (χ1) is 14.9. The number of aryl methyl sites for hydroxylation is 1. The van der Waals surface area contributed by atoms with E-state index >= 15 is 0 Å². The molecule has 1 N–H and O–H groups in total. The van der Waals surface area contributed by atoms with E-state index < -0.39 is 5.91 Å². The zero-order chi connectivity index (χ0) is 22.4. The number of hydrogen-bond donors (Lipinski definition) is 1. The molecular formula is C24H17Br2IN2O2. The van der Waals surface area contributed by atoms with Crippen molar-refractivity contribution in [3.63, 3.8) is 0 Å². The highest BCUT2D eigenvalue weighted by Gasteiger charge is 2.13. The molecule has 0 atom stereocenters. The number of carbonyl (C=O) groups excluding carboxylic acids is 1. The van der Waals surface area contributed by atoms with Gasteiger partial charge in [-0.05, 0) is 115 Å². The van der Waals surface area contributed by atoms with Gasteiger partial charge in [-0.2, -0.15) is 5.26 Å². The van der Waals surface area contributed by atoms with E-state index in [1.54, 1.807) is 18.2 Å². The molecule has 0 unspecified atom stereocenters. The van der Waals surface area contributed by atoms with Crippen molar-refractivity contribution in [3.05, 3.63) is 95.4 Å². The summed E-state index contributed by atoms with van der Waals surface area (Å²) < 4.78 is 8.47. The molecule has 0 saturated carbocycles. The number of rotatable bonds is 6. The molecule has 0 heterocycles. The van der Waals surface area contributed by atoms with E-state index in [0.29, 0.717) is 23.6 Å². The molecular weight excluding hydrogens is 635 g/mol. The minimum absolute atomic E-state index is 0.00535. The van der Waals surface area contributed by atoms with Gasteiger partial charge in [0.2, 0.25) is 0 Å². The normalized spacial score (nSPS) is 11.0. The Hall–Kier alpha value is -2.15. The molecule has 7 heteroatoms. The minimum atomic E-state index is -0.462. The highest BCUT2D eigenvalue weighted by atomic mass is 127. The minimum Gasteiger partial charge on any atom is -0.487 e. The molecule has 3 rings (SSSR count). The van der Waals surface area contributed by atoms with Gasteiger partial charge in [0.1, 0.15) is 24.0 Å². The second kappa shape index (κ2) is 10.9. The van der Waals surface area contributed by atoms with Crippen LogP contribution in [0.15, 0.2) is 75.2 Å². The smallest absolute Gasteiger partial charge is 0.266 e. The van der Waals surface area contributed by atoms with Crippen LogP contribution in [0.2, 0.25) is 0 Å². The van der Waals surface area contributed by atoms with Crippen molar-refractivity contribution in [1.82, 2.24) is 0 Å². The quantitative estimate of drug-likeness (QED) is 0.174. The Bertz CT molecular complexity index is 1160. The maximum absolute atomic E-state index is 12.5. The lowest BCUT2D eigenvalue weighted by atomic mass is 10.1. The van der Waals surface area contributed by atoms with Gasteiger partial charge in [-0.1, -0.05) is 29.8 Å². The molecule has 4 nitrogen and oxygen atoms in total. The number of amides is 1. The summed E-state index contributed by atoms with van der Waals surface area (Å²) in [5.74, 6) is 0.191. The number of hydrogen-bond acceptors (Lipinski definition) is 3. The van der Waals surface area contributed by atoms with Crippen molar-refractivity contribution in [2.24, 2.45) is 0 Å². The van der Waals surface area contributed by atoms with Crippen LogP contribution in [0.5, 0.6) is 5.75 Å². The van der Waals surface area contributed by atoms with Crippen LogP contribution in [0.1, 0.15) is 16.7 Å². The van der Waals surface area contributed by atoms with Gasteiger partial charge in [-0.15, -0.1) is 0 Å². The summed E-state index contributed by atoms with van der Waals surface area (Å²) in [6, 6.07) is 21.1. The third-order valence-electron chi connectivity index (χ3n) is 4.26. The van der Waals surface area contributed by atoms with Gasteiger partial charge in [-0.25, -0.2) is 0 Å². The molecule has 0 aliphatic carbocycles. The fourth-order valence-electron chi connectivity index (χ4n) is 2.81. The van der Waals surface area contributed by atoms with Gasteiger partial charge >= 0.3 is 0 Å². The van der Waals surface area contributed by atoms with Gasteiger partial charge in [0.25, 0.3) is 5.91 Å². The predicted octanol–water partition coefficient (Wildman–Crippen LogP) is 7.25. The molecule has 0 spiro atoms. The molecule has 156 valence electrons. The molecule has 31 heavy (non-hydrogen) atoms. The lowest BCUT2D eigenvalue weighted by Gasteiger charge is -2.12. The Labute approximate surface area is 211 Å². The van der Waals surface area contributed by atoms with Crippen molar-refractivity contribution < 1.29 is 9.53 Å². The Kier molecular flexibility index (Phi) is 8.29. The Balaban J connectivity index is 1.76. The van der Waals surface area contributed by atoms with Gasteiger partial charge in [0, 0.05) is 9.26 Å². The second-order valence-electron chi connectivity index (χ2n) is 6.72. The van der Waals surface area contributed by atoms with E-state index in [1.807, 2.05) is 55.5 Å². The van der Waals surface area contributed by atoms with Crippen LogP contribution in [-0.2, 0) is 11.4 Å². The average Bonchev–Trinajstić information content (AvgIpc) is 2.73. The van der Waals surface area contributed by atoms with Crippen LogP contribution in [0, 0.1) is 21.8 Å². The van der Waals surface area contributed by atoms with E-state index in [1.165, 1.54) is 5.56 Å². The predicted molar refractivity (Wildman–Crippen MR) is 139 cm³/mol. The van der Waals surface area contributed by atoms with Gasteiger partial charge in [-0.3, -0.25) is 4.79 Å². The lowest BCUT2D eigenvalue weighted by molar-refractivity contribution is -0.112. The van der Waals surface area contributed by atoms with Crippen molar-refractivity contribution in [2.45, 2.75) is 13.5 Å². The summed E-state index contributed by atoms with van der Waals surface area (Å²) in [5, 5.41) is 12.2. The number of nitrogens with zero attached hydrogens (tertiary/aromatic N) is 1. The molecule has 0 radical (unpaired) electrons. The van der Waals surface area contributed by atoms with Gasteiger partial charge in [0.15, 0.2) is 0 Å². The fourth-order valence-corrected chi connectivity index (χ4v) is 4.62. The summed E-state index contributed by atoms with van der Waals surface area (Å²) in [6.45, 7) is 2.47. The van der Waals surface area contributed by atoms with Crippen LogP contribution in [0.4, 0.5) is 5.69 Å². The Morgan fingerprint density at radius 2 is 1.81 bits per heavy atom. The molecule has 3 aromatic carbocycles. The van der Waals surface area contributed by atoms with E-state index in [0.717, 1.165) is 18.1 Å². The molecule has 1 amide bonds. The van der Waals surface area contributed by atoms with E-state index in [-0.39, 0.29) is 5.57 Å². The number of nitrogens with one attached hydrogen (secondary N) is 1. The van der Waals surface area contributed by atoms with Crippen LogP contribution >= 0.6 is 54.5 Å². The second-order valence-corrected chi connectivity index (χ2v) is 9.68. The van der Waals surface area contributed by atoms with Crippen LogP contribution in [0.3, 0.4) is 0 Å². The highest BCUT2D eigenvalue weighted by Crippen LogP contribution is 2.36. The van der Waals surface area contributed by atoms with Crippen LogP contribution in [-0.4, -0.2) is 5.91 Å². The van der Waals surface area contributed by atoms with Crippen LogP contribution < -0.4 is 10.1 Å². The van der Waals surface area contributed by atoms with Gasteiger partial charge < -0.3 is 10.1 Å². The first-order valence-corrected chi connectivity index (χ1v) is 11.9. The number of carbonyl (C=O) groups is 1. The van der Waals surface area contributed by atoms with Crippen molar-refractivity contribution >= 4 is 72.1 Å². The van der Waals surface area contributed by atoms with Crippen molar-refractivity contribution in [1.29, 1.82) is 5.26 Å². The number of halogens is 3. The zero-order valence-electron chi connectivity index (χ0n) is 16.5. The zero-order valence-corrected chi connectivity index (χ0v) is 21.8. The van der Waals surface area contributed by atoms with E-state index in [9.17, 15) is 10.1 Å². The molecule has 0 aliphatic heterocycles. The summed E-state index contributed by atoms with van der Waals surface area (Å²) >= 11 is 9.24. The number of ether oxygens (including phenoxy) is 1. The molecule has 0 bridgehead atoms. The van der Waals surface area contributed by atoms with Crippen molar-refractivity contribution in [2.75, 3.05) is 5.32 Å². The van der Waals surface area contributed by atoms with Gasteiger partial charge in [0.05, 0.1) is 8.95 Å². The molecule has 0 aliphatic rings. The molecule has 0 aromatic heterocycles. The third kappa shape index (κ3) is 6.66. The first kappa shape index (κ1) is 23.5. The Morgan fingerprint density at radius 1 is 1.13 bits per heavy atom. The monoisotopic (exact) mass is 650 g/mol. The summed E-state index contributed by atoms with van der Waals surface area (Å²) in [5.41, 5.74) is 3.57. The number of anilines is 1. The summed E-state index contributed by atoms with van der Waals surface area (Å²) in [6.07, 6.45) is 1.54. The Morgan fingerprint density at radius 3 is 2.42 bits per heavy atom. The number of benzene rings is 3. The first-order valence-electron chi connectivity index (χ1n) is 9.22. The molecule has 0 saturated heterocycles. The lowest BCUT2D eigenvalue weighted by Crippen LogP contribution is -2.13. The van der Waals surface area contributed by atoms with E-state index in [2.05, 4.69) is 65.8 Å². The van der Waals surface area contributed by atoms with Crippen molar-refractivity contribution in [3.8, 4) is 11.8 Å². The van der Waals surface area contributed by atoms with Crippen LogP contribution in [0.25, 0.3) is 6.08 Å². The standard InChI is InChI=1S/C24H17Br2IN2O2/c1-15-3-2-4-16(9-15)14-31-23-21(25)11-17(12-22(23)26)10-18(13-28)24(30)29-20-7-5-19(27)6-8-20/h2-12H,14H2,1H3,(H,29,30)/b18-10+. The molecule has 0 fully saturated rings. The molecule has 3 aromatic rings. The highest BCUT2D eigenvalue weighted by molar-refractivity contribution is 14.1. The topological polar surface area (TPSA) is 62.1 Å². The fraction of sp³-hybridized carbons (Fsp3) is 0.0833. The SMILES string of the molecule is Cc1cccc(COc2c(Br)cc(/C=C(\C#N)C(=O)Nc3ccc(I)cc3)cc2Br)c1. The average molecular weight is 652 g/mol. The maximum Gasteiger partial charge on any atom is 0.266 e.